The summed E-state index contributed by atoms with van der Waals surface area (Å²) < 4.78 is 20.2. The predicted molar refractivity (Wildman–Crippen MR) is 99.1 cm³/mol. The van der Waals surface area contributed by atoms with E-state index in [0.29, 0.717) is 12.3 Å². The summed E-state index contributed by atoms with van der Waals surface area (Å²) in [6.07, 6.45) is 0. The van der Waals surface area contributed by atoms with Crippen LogP contribution in [0.5, 0.6) is 5.75 Å². The minimum atomic E-state index is -0.342. The fourth-order valence-electron chi connectivity index (χ4n) is 2.69. The molecule has 0 aliphatic heterocycles. The quantitative estimate of drug-likeness (QED) is 0.690. The third-order valence-corrected chi connectivity index (χ3v) is 4.86. The number of nitrogens with zero attached hydrogens (tertiary/aromatic N) is 2. The molecule has 0 spiro atoms. The van der Waals surface area contributed by atoms with Crippen molar-refractivity contribution in [1.29, 1.82) is 0 Å². The molecule has 3 rings (SSSR count). The smallest absolute Gasteiger partial charge is 0.258 e. The number of hydrogen-bond donors (Lipinski definition) is 1. The first-order valence-corrected chi connectivity index (χ1v) is 9.12. The van der Waals surface area contributed by atoms with Gasteiger partial charge in [0.15, 0.2) is 6.61 Å². The molecule has 0 saturated carbocycles. The Labute approximate surface area is 155 Å². The van der Waals surface area contributed by atoms with Gasteiger partial charge in [0.05, 0.1) is 5.69 Å². The zero-order valence-corrected chi connectivity index (χ0v) is 15.4. The van der Waals surface area contributed by atoms with E-state index in [1.165, 1.54) is 24.3 Å². The summed E-state index contributed by atoms with van der Waals surface area (Å²) in [5, 5.41) is 9.45. The van der Waals surface area contributed by atoms with Gasteiger partial charge in [-0.05, 0) is 55.6 Å². The Morgan fingerprint density at radius 3 is 2.69 bits per heavy atom. The van der Waals surface area contributed by atoms with Crippen molar-refractivity contribution >= 4 is 17.2 Å². The highest BCUT2D eigenvalue weighted by molar-refractivity contribution is 7.10. The molecule has 0 unspecified atom stereocenters. The lowest BCUT2D eigenvalue weighted by Crippen LogP contribution is -2.34. The molecule has 26 heavy (non-hydrogen) atoms. The molecule has 0 fully saturated rings. The number of aryl methyl sites for hydroxylation is 2. The molecule has 0 aliphatic rings. The largest absolute Gasteiger partial charge is 0.484 e. The van der Waals surface area contributed by atoms with E-state index in [9.17, 15) is 9.18 Å². The lowest BCUT2D eigenvalue weighted by molar-refractivity contribution is -0.123. The van der Waals surface area contributed by atoms with Gasteiger partial charge >= 0.3 is 0 Å². The average molecular weight is 373 g/mol. The van der Waals surface area contributed by atoms with Gasteiger partial charge in [0.1, 0.15) is 17.6 Å². The second-order valence-electron chi connectivity index (χ2n) is 5.95. The van der Waals surface area contributed by atoms with Crippen LogP contribution in [0.15, 0.2) is 47.8 Å². The van der Waals surface area contributed by atoms with Crippen LogP contribution in [-0.2, 0) is 4.79 Å². The van der Waals surface area contributed by atoms with Crippen molar-refractivity contribution in [3.8, 4) is 5.75 Å². The number of halogens is 1. The zero-order valence-electron chi connectivity index (χ0n) is 14.6. The third kappa shape index (κ3) is 4.49. The van der Waals surface area contributed by atoms with Crippen molar-refractivity contribution in [2.24, 2.45) is 0 Å². The van der Waals surface area contributed by atoms with Crippen LogP contribution in [0.1, 0.15) is 22.3 Å². The third-order valence-electron chi connectivity index (χ3n) is 3.89. The topological polar surface area (TPSA) is 56.2 Å². The van der Waals surface area contributed by atoms with Crippen molar-refractivity contribution in [1.82, 2.24) is 15.1 Å². The lowest BCUT2D eigenvalue weighted by Gasteiger charge is -2.19. The number of carbonyl (C=O) groups excluding carboxylic acids is 1. The van der Waals surface area contributed by atoms with Crippen molar-refractivity contribution in [2.75, 3.05) is 13.2 Å². The molecule has 0 aliphatic carbocycles. The number of hydrogen-bond acceptors (Lipinski definition) is 4. The Morgan fingerprint density at radius 1 is 1.31 bits per heavy atom. The Morgan fingerprint density at radius 2 is 2.08 bits per heavy atom. The average Bonchev–Trinajstić information content (AvgIpc) is 3.25. The summed E-state index contributed by atoms with van der Waals surface area (Å²) >= 11 is 1.63. The summed E-state index contributed by atoms with van der Waals surface area (Å²) in [4.78, 5) is 13.3. The Balaban J connectivity index is 1.61. The van der Waals surface area contributed by atoms with E-state index in [1.807, 2.05) is 42.1 Å². The molecule has 5 nitrogen and oxygen atoms in total. The van der Waals surface area contributed by atoms with E-state index in [4.69, 9.17) is 4.74 Å². The van der Waals surface area contributed by atoms with E-state index in [2.05, 4.69) is 10.4 Å². The van der Waals surface area contributed by atoms with Crippen molar-refractivity contribution in [2.45, 2.75) is 19.9 Å². The van der Waals surface area contributed by atoms with Gasteiger partial charge in [-0.15, -0.1) is 11.3 Å². The first-order valence-electron chi connectivity index (χ1n) is 8.24. The monoisotopic (exact) mass is 373 g/mol. The number of rotatable bonds is 7. The molecule has 3 aromatic rings. The minimum Gasteiger partial charge on any atom is -0.484 e. The molecule has 2 heterocycles. The first-order chi connectivity index (χ1) is 12.5. The Hall–Kier alpha value is -2.67. The second kappa shape index (κ2) is 8.14. The second-order valence-corrected chi connectivity index (χ2v) is 6.93. The van der Waals surface area contributed by atoms with E-state index >= 15 is 0 Å². The fourth-order valence-corrected chi connectivity index (χ4v) is 3.50. The summed E-state index contributed by atoms with van der Waals surface area (Å²) in [6, 6.07) is 11.5. The molecular formula is C19H20FN3O2S. The summed E-state index contributed by atoms with van der Waals surface area (Å²) in [5.41, 5.74) is 1.98. The van der Waals surface area contributed by atoms with Crippen LogP contribution in [0, 0.1) is 19.7 Å². The number of amides is 1. The van der Waals surface area contributed by atoms with E-state index < -0.39 is 0 Å². The van der Waals surface area contributed by atoms with Crippen molar-refractivity contribution in [3.63, 3.8) is 0 Å². The number of aromatic nitrogens is 2. The van der Waals surface area contributed by atoms with E-state index in [-0.39, 0.29) is 24.4 Å². The van der Waals surface area contributed by atoms with Crippen LogP contribution in [0.2, 0.25) is 0 Å². The van der Waals surface area contributed by atoms with Crippen LogP contribution >= 0.6 is 11.3 Å². The van der Waals surface area contributed by atoms with Crippen LogP contribution in [0.25, 0.3) is 0 Å². The molecule has 7 heteroatoms. The molecule has 1 N–H and O–H groups in total. The maximum absolute atomic E-state index is 12.9. The highest BCUT2D eigenvalue weighted by Crippen LogP contribution is 2.24. The zero-order chi connectivity index (χ0) is 18.5. The van der Waals surface area contributed by atoms with Gasteiger partial charge in [-0.25, -0.2) is 4.39 Å². The molecule has 1 aromatic carbocycles. The highest BCUT2D eigenvalue weighted by Gasteiger charge is 2.19. The molecule has 1 atom stereocenters. The van der Waals surface area contributed by atoms with Crippen LogP contribution < -0.4 is 10.1 Å². The molecule has 0 saturated heterocycles. The normalized spacial score (nSPS) is 12.0. The van der Waals surface area contributed by atoms with Crippen molar-refractivity contribution < 1.29 is 13.9 Å². The first kappa shape index (κ1) is 18.1. The number of nitrogens with one attached hydrogen (secondary N) is 1. The molecule has 0 radical (unpaired) electrons. The predicted octanol–water partition coefficient (Wildman–Crippen LogP) is 3.49. The van der Waals surface area contributed by atoms with Gasteiger partial charge in [-0.3, -0.25) is 9.48 Å². The molecule has 136 valence electrons. The van der Waals surface area contributed by atoms with Gasteiger partial charge in [0.2, 0.25) is 0 Å². The highest BCUT2D eigenvalue weighted by atomic mass is 32.1. The van der Waals surface area contributed by atoms with E-state index in [0.717, 1.165) is 16.3 Å². The van der Waals surface area contributed by atoms with Gasteiger partial charge in [0, 0.05) is 17.1 Å². The summed E-state index contributed by atoms with van der Waals surface area (Å²) in [6.45, 7) is 4.23. The number of thiophene rings is 1. The number of carbonyl (C=O) groups is 1. The van der Waals surface area contributed by atoms with Crippen molar-refractivity contribution in [3.05, 3.63) is 69.9 Å². The molecular weight excluding hydrogens is 353 g/mol. The maximum atomic E-state index is 12.9. The Bertz CT molecular complexity index is 860. The van der Waals surface area contributed by atoms with E-state index in [1.54, 1.807) is 11.3 Å². The minimum absolute atomic E-state index is 0.0709. The fraction of sp³-hybridized carbons (Fsp3) is 0.263. The van der Waals surface area contributed by atoms with Gasteiger partial charge < -0.3 is 10.1 Å². The number of benzene rings is 1. The SMILES string of the molecule is Cc1cc(C)n([C@@H](CNC(=O)COc2ccc(F)cc2)c2cccs2)n1. The van der Waals surface area contributed by atoms with Crippen LogP contribution in [0.3, 0.4) is 0 Å². The Kier molecular flexibility index (Phi) is 5.68. The van der Waals surface area contributed by atoms with Crippen LogP contribution in [-0.4, -0.2) is 28.8 Å². The summed E-state index contributed by atoms with van der Waals surface area (Å²) in [5.74, 6) is -0.127. The number of ether oxygens (including phenoxy) is 1. The summed E-state index contributed by atoms with van der Waals surface area (Å²) in [7, 11) is 0. The maximum Gasteiger partial charge on any atom is 0.258 e. The van der Waals surface area contributed by atoms with Gasteiger partial charge in [-0.2, -0.15) is 5.10 Å². The van der Waals surface area contributed by atoms with Gasteiger partial charge in [-0.1, -0.05) is 6.07 Å². The lowest BCUT2D eigenvalue weighted by atomic mass is 10.2. The molecule has 2 aromatic heterocycles. The molecule has 1 amide bonds. The van der Waals surface area contributed by atoms with Crippen LogP contribution in [0.4, 0.5) is 4.39 Å². The molecule has 0 bridgehead atoms. The standard InChI is InChI=1S/C19H20FN3O2S/c1-13-10-14(2)23(22-13)17(18-4-3-9-26-18)11-21-19(24)12-25-16-7-5-15(20)6-8-16/h3-10,17H,11-12H2,1-2H3,(H,21,24)/t17-/m0/s1. The van der Waals surface area contributed by atoms with Gasteiger partial charge in [0.25, 0.3) is 5.91 Å².